The maximum atomic E-state index is 9.24. The average molecular weight is 268 g/mol. The van der Waals surface area contributed by atoms with E-state index >= 15 is 0 Å². The van der Waals surface area contributed by atoms with E-state index in [1.165, 1.54) is 22.3 Å². The molecule has 0 radical (unpaired) electrons. The number of nitriles is 1. The van der Waals surface area contributed by atoms with Crippen molar-refractivity contribution in [1.29, 1.82) is 5.26 Å². The first-order valence-corrected chi connectivity index (χ1v) is 7.39. The van der Waals surface area contributed by atoms with Crippen LogP contribution in [0.1, 0.15) is 35.2 Å². The summed E-state index contributed by atoms with van der Waals surface area (Å²) in [6.45, 7) is 6.39. The first-order valence-electron chi connectivity index (χ1n) is 6.51. The number of aryl methyl sites for hydroxylation is 3. The number of benzene rings is 1. The average Bonchev–Trinajstić information content (AvgIpc) is 3.04. The molecule has 1 aliphatic rings. The van der Waals surface area contributed by atoms with Crippen LogP contribution in [0.3, 0.4) is 0 Å². The molecule has 1 fully saturated rings. The Balaban J connectivity index is 2.05. The lowest BCUT2D eigenvalue weighted by molar-refractivity contribution is 0.868. The number of thiazole rings is 1. The number of nitrogens with zero attached hydrogens (tertiary/aromatic N) is 2. The Bertz CT molecular complexity index is 687. The zero-order valence-electron chi connectivity index (χ0n) is 11.4. The molecule has 96 valence electrons. The summed E-state index contributed by atoms with van der Waals surface area (Å²) in [5.41, 5.74) is 5.75. The maximum absolute atomic E-state index is 9.24. The molecule has 1 aromatic heterocycles. The van der Waals surface area contributed by atoms with Crippen LogP contribution in [0.5, 0.6) is 0 Å². The van der Waals surface area contributed by atoms with Gasteiger partial charge in [0.25, 0.3) is 0 Å². The quantitative estimate of drug-likeness (QED) is 0.814. The number of rotatable bonds is 2. The van der Waals surface area contributed by atoms with Crippen molar-refractivity contribution >= 4 is 11.3 Å². The summed E-state index contributed by atoms with van der Waals surface area (Å²) in [4.78, 5) is 4.71. The molecule has 1 aliphatic carbocycles. The zero-order valence-corrected chi connectivity index (χ0v) is 12.3. The largest absolute Gasteiger partial charge is 0.239 e. The van der Waals surface area contributed by atoms with Crippen LogP contribution in [0.4, 0.5) is 0 Å². The molecule has 0 aliphatic heterocycles. The van der Waals surface area contributed by atoms with Crippen LogP contribution >= 0.6 is 11.3 Å². The Kier molecular flexibility index (Phi) is 2.72. The standard InChI is InChI=1S/C16H16N2S/c1-10-6-12(3)13(7-11(10)2)15-18-14(8-19-15)16(9-17)4-5-16/h6-8H,4-5H2,1-3H3. The van der Waals surface area contributed by atoms with Gasteiger partial charge in [-0.15, -0.1) is 11.3 Å². The van der Waals surface area contributed by atoms with Gasteiger partial charge in [0.05, 0.1) is 11.8 Å². The molecule has 0 atom stereocenters. The first kappa shape index (κ1) is 12.4. The molecule has 0 bridgehead atoms. The fourth-order valence-electron chi connectivity index (χ4n) is 2.36. The van der Waals surface area contributed by atoms with Crippen molar-refractivity contribution in [3.63, 3.8) is 0 Å². The van der Waals surface area contributed by atoms with Crippen LogP contribution in [0.15, 0.2) is 17.5 Å². The third kappa shape index (κ3) is 1.97. The monoisotopic (exact) mass is 268 g/mol. The Hall–Kier alpha value is -1.66. The highest BCUT2D eigenvalue weighted by molar-refractivity contribution is 7.13. The molecule has 3 rings (SSSR count). The van der Waals surface area contributed by atoms with Crippen LogP contribution in [0.2, 0.25) is 0 Å². The van der Waals surface area contributed by atoms with Crippen LogP contribution < -0.4 is 0 Å². The molecule has 1 aromatic carbocycles. The van der Waals surface area contributed by atoms with Crippen molar-refractivity contribution in [3.05, 3.63) is 39.9 Å². The van der Waals surface area contributed by atoms with Crippen LogP contribution in [0, 0.1) is 32.1 Å². The molecule has 0 spiro atoms. The molecule has 0 amide bonds. The minimum absolute atomic E-state index is 0.275. The van der Waals surface area contributed by atoms with Crippen molar-refractivity contribution in [2.75, 3.05) is 0 Å². The van der Waals surface area contributed by atoms with E-state index in [0.29, 0.717) is 0 Å². The van der Waals surface area contributed by atoms with Gasteiger partial charge in [-0.05, 0) is 56.4 Å². The van der Waals surface area contributed by atoms with E-state index in [9.17, 15) is 5.26 Å². The van der Waals surface area contributed by atoms with Gasteiger partial charge < -0.3 is 0 Å². The molecule has 0 saturated heterocycles. The Morgan fingerprint density at radius 1 is 1.16 bits per heavy atom. The SMILES string of the molecule is Cc1cc(C)c(-c2nc(C3(C#N)CC3)cs2)cc1C. The molecule has 2 nitrogen and oxygen atoms in total. The smallest absolute Gasteiger partial charge is 0.123 e. The summed E-state index contributed by atoms with van der Waals surface area (Å²) >= 11 is 1.65. The summed E-state index contributed by atoms with van der Waals surface area (Å²) in [5, 5.41) is 12.3. The lowest BCUT2D eigenvalue weighted by atomic mass is 10.0. The van der Waals surface area contributed by atoms with Crippen molar-refractivity contribution in [1.82, 2.24) is 4.98 Å². The number of hydrogen-bond donors (Lipinski definition) is 0. The van der Waals surface area contributed by atoms with E-state index in [1.807, 2.05) is 0 Å². The van der Waals surface area contributed by atoms with E-state index in [4.69, 9.17) is 4.98 Å². The minimum atomic E-state index is -0.275. The van der Waals surface area contributed by atoms with Gasteiger partial charge in [0, 0.05) is 10.9 Å². The van der Waals surface area contributed by atoms with E-state index in [0.717, 1.165) is 23.5 Å². The fraction of sp³-hybridized carbons (Fsp3) is 0.375. The Morgan fingerprint density at radius 2 is 1.84 bits per heavy atom. The number of hydrogen-bond acceptors (Lipinski definition) is 3. The molecule has 1 saturated carbocycles. The van der Waals surface area contributed by atoms with Crippen LogP contribution in [-0.4, -0.2) is 4.98 Å². The van der Waals surface area contributed by atoms with Gasteiger partial charge in [0.15, 0.2) is 0 Å². The van der Waals surface area contributed by atoms with Crippen LogP contribution in [-0.2, 0) is 5.41 Å². The maximum Gasteiger partial charge on any atom is 0.123 e. The van der Waals surface area contributed by atoms with Gasteiger partial charge in [-0.2, -0.15) is 5.26 Å². The predicted octanol–water partition coefficient (Wildman–Crippen LogP) is 4.29. The zero-order chi connectivity index (χ0) is 13.6. The second-order valence-electron chi connectivity index (χ2n) is 5.48. The van der Waals surface area contributed by atoms with Gasteiger partial charge in [0.1, 0.15) is 10.4 Å². The summed E-state index contributed by atoms with van der Waals surface area (Å²) in [6, 6.07) is 6.83. The van der Waals surface area contributed by atoms with Gasteiger partial charge in [0.2, 0.25) is 0 Å². The van der Waals surface area contributed by atoms with Crippen LogP contribution in [0.25, 0.3) is 10.6 Å². The molecule has 1 heterocycles. The summed E-state index contributed by atoms with van der Waals surface area (Å²) in [5.74, 6) is 0. The second kappa shape index (κ2) is 4.18. The highest BCUT2D eigenvalue weighted by Crippen LogP contribution is 2.48. The van der Waals surface area contributed by atoms with Crippen molar-refractivity contribution in [2.24, 2.45) is 0 Å². The predicted molar refractivity (Wildman–Crippen MR) is 78.3 cm³/mol. The summed E-state index contributed by atoms with van der Waals surface area (Å²) in [7, 11) is 0. The molecule has 2 aromatic rings. The van der Waals surface area contributed by atoms with E-state index in [2.05, 4.69) is 44.4 Å². The molecule has 3 heteroatoms. The lowest BCUT2D eigenvalue weighted by Gasteiger charge is -2.07. The van der Waals surface area contributed by atoms with Gasteiger partial charge in [-0.1, -0.05) is 6.07 Å². The topological polar surface area (TPSA) is 36.7 Å². The molecular formula is C16H16N2S. The number of aromatic nitrogens is 1. The molecule has 0 N–H and O–H groups in total. The van der Waals surface area contributed by atoms with Gasteiger partial charge in [-0.3, -0.25) is 0 Å². The lowest BCUT2D eigenvalue weighted by Crippen LogP contribution is -2.02. The van der Waals surface area contributed by atoms with Crippen molar-refractivity contribution in [2.45, 2.75) is 39.0 Å². The minimum Gasteiger partial charge on any atom is -0.239 e. The Morgan fingerprint density at radius 3 is 2.47 bits per heavy atom. The van der Waals surface area contributed by atoms with Crippen molar-refractivity contribution in [3.8, 4) is 16.6 Å². The third-order valence-corrected chi connectivity index (χ3v) is 4.91. The van der Waals surface area contributed by atoms with E-state index in [1.54, 1.807) is 11.3 Å². The second-order valence-corrected chi connectivity index (χ2v) is 6.34. The van der Waals surface area contributed by atoms with Crippen molar-refractivity contribution < 1.29 is 0 Å². The normalized spacial score (nSPS) is 16.1. The first-order chi connectivity index (χ1) is 9.05. The molecule has 0 unspecified atom stereocenters. The van der Waals surface area contributed by atoms with Gasteiger partial charge in [-0.25, -0.2) is 4.98 Å². The highest BCUT2D eigenvalue weighted by atomic mass is 32.1. The third-order valence-electron chi connectivity index (χ3n) is 4.03. The molecule has 19 heavy (non-hydrogen) atoms. The molecular weight excluding hydrogens is 252 g/mol. The van der Waals surface area contributed by atoms with E-state index < -0.39 is 0 Å². The summed E-state index contributed by atoms with van der Waals surface area (Å²) < 4.78 is 0. The van der Waals surface area contributed by atoms with Gasteiger partial charge >= 0.3 is 0 Å². The van der Waals surface area contributed by atoms with E-state index in [-0.39, 0.29) is 5.41 Å². The fourth-order valence-corrected chi connectivity index (χ4v) is 3.36. The highest BCUT2D eigenvalue weighted by Gasteiger charge is 2.47. The summed E-state index contributed by atoms with van der Waals surface area (Å²) in [6.07, 6.45) is 1.91. The Labute approximate surface area is 117 Å².